The van der Waals surface area contributed by atoms with E-state index in [0.717, 1.165) is 43.8 Å². The summed E-state index contributed by atoms with van der Waals surface area (Å²) < 4.78 is 89.9. The molecule has 0 fully saturated rings. The SMILES string of the molecule is COc1ncc(F)cc1S(=O)(=O)Cc1ccc(F)c(-c2ccc(C(=N)c3ncc(C#N)[nH]3)c(N)c2F)c1F. The van der Waals surface area contributed by atoms with Crippen molar-refractivity contribution in [3.8, 4) is 23.1 Å². The van der Waals surface area contributed by atoms with Gasteiger partial charge in [0, 0.05) is 16.7 Å². The van der Waals surface area contributed by atoms with Gasteiger partial charge in [0.15, 0.2) is 21.5 Å². The number of imidazole rings is 1. The molecule has 0 spiro atoms. The zero-order valence-electron chi connectivity index (χ0n) is 19.3. The zero-order valence-corrected chi connectivity index (χ0v) is 20.1. The number of nitrogens with zero attached hydrogens (tertiary/aromatic N) is 3. The third-order valence-corrected chi connectivity index (χ3v) is 7.14. The number of nitrogen functional groups attached to an aromatic ring is 1. The van der Waals surface area contributed by atoms with Crippen molar-refractivity contribution in [2.24, 2.45) is 0 Å². The highest BCUT2D eigenvalue weighted by Gasteiger charge is 2.27. The standard InChI is InChI=1S/C24H16F4N6O3S/c1-37-24-17(6-12(25)8-33-24)38(35,36)10-11-2-5-16(26)18(19(11)27)14-3-4-15(21(30)20(14)28)22(31)23-32-9-13(7-29)34-23/h2-6,8-9,31H,10,30H2,1H3,(H,32,34). The molecule has 38 heavy (non-hydrogen) atoms. The smallest absolute Gasteiger partial charge is 0.232 e. The van der Waals surface area contributed by atoms with Crippen molar-refractivity contribution < 1.29 is 30.7 Å². The third kappa shape index (κ3) is 4.66. The van der Waals surface area contributed by atoms with Gasteiger partial charge in [-0.2, -0.15) is 5.26 Å². The first-order chi connectivity index (χ1) is 18.0. The largest absolute Gasteiger partial charge is 0.480 e. The van der Waals surface area contributed by atoms with E-state index in [1.807, 2.05) is 0 Å². The lowest BCUT2D eigenvalue weighted by molar-refractivity contribution is 0.382. The molecule has 0 aliphatic rings. The fourth-order valence-corrected chi connectivity index (χ4v) is 5.14. The number of nitriles is 1. The molecule has 4 N–H and O–H groups in total. The summed E-state index contributed by atoms with van der Waals surface area (Å²) in [6.45, 7) is 0. The van der Waals surface area contributed by atoms with Gasteiger partial charge in [0.1, 0.15) is 39.8 Å². The van der Waals surface area contributed by atoms with E-state index in [4.69, 9.17) is 21.1 Å². The number of H-pyrrole nitrogens is 1. The fraction of sp³-hybridized carbons (Fsp3) is 0.0833. The van der Waals surface area contributed by atoms with E-state index in [-0.39, 0.29) is 22.8 Å². The molecule has 2 aromatic carbocycles. The van der Waals surface area contributed by atoms with Crippen LogP contribution in [0.5, 0.6) is 5.88 Å². The summed E-state index contributed by atoms with van der Waals surface area (Å²) in [7, 11) is -3.34. The van der Waals surface area contributed by atoms with Crippen molar-refractivity contribution in [2.75, 3.05) is 12.8 Å². The predicted molar refractivity (Wildman–Crippen MR) is 127 cm³/mol. The molecule has 0 atom stereocenters. The Morgan fingerprint density at radius 2 is 1.87 bits per heavy atom. The second kappa shape index (κ2) is 9.94. The highest BCUT2D eigenvalue weighted by Crippen LogP contribution is 2.35. The van der Waals surface area contributed by atoms with Crippen molar-refractivity contribution in [3.05, 3.63) is 88.6 Å². The number of nitrogens with one attached hydrogen (secondary N) is 2. The van der Waals surface area contributed by atoms with Gasteiger partial charge < -0.3 is 15.5 Å². The number of hydrogen-bond acceptors (Lipinski definition) is 8. The lowest BCUT2D eigenvalue weighted by Gasteiger charge is -2.14. The number of methoxy groups -OCH3 is 1. The normalized spacial score (nSPS) is 11.3. The Bertz CT molecular complexity index is 1750. The number of benzene rings is 2. The molecule has 4 aromatic rings. The molecule has 4 rings (SSSR count). The maximum absolute atomic E-state index is 15.5. The summed E-state index contributed by atoms with van der Waals surface area (Å²) in [5, 5.41) is 17.1. The van der Waals surface area contributed by atoms with Crippen LogP contribution in [0.3, 0.4) is 0 Å². The number of aromatic nitrogens is 3. The van der Waals surface area contributed by atoms with E-state index in [2.05, 4.69) is 15.0 Å². The molecule has 0 saturated carbocycles. The second-order valence-corrected chi connectivity index (χ2v) is 9.79. The highest BCUT2D eigenvalue weighted by atomic mass is 32.2. The number of ether oxygens (including phenoxy) is 1. The molecule has 0 amide bonds. The van der Waals surface area contributed by atoms with Crippen LogP contribution in [0.1, 0.15) is 22.6 Å². The number of pyridine rings is 1. The van der Waals surface area contributed by atoms with Gasteiger partial charge in [0.05, 0.1) is 36.5 Å². The van der Waals surface area contributed by atoms with E-state index in [9.17, 15) is 17.2 Å². The number of anilines is 1. The summed E-state index contributed by atoms with van der Waals surface area (Å²) in [5.74, 6) is -6.41. The maximum Gasteiger partial charge on any atom is 0.232 e. The molecule has 0 radical (unpaired) electrons. The van der Waals surface area contributed by atoms with Gasteiger partial charge in [0.2, 0.25) is 5.88 Å². The van der Waals surface area contributed by atoms with Crippen molar-refractivity contribution in [2.45, 2.75) is 10.6 Å². The van der Waals surface area contributed by atoms with Crippen LogP contribution < -0.4 is 10.5 Å². The number of hydrogen-bond donors (Lipinski definition) is 3. The van der Waals surface area contributed by atoms with Crippen molar-refractivity contribution in [1.29, 1.82) is 10.7 Å². The van der Waals surface area contributed by atoms with E-state index < -0.39 is 72.0 Å². The van der Waals surface area contributed by atoms with Gasteiger partial charge in [0.25, 0.3) is 0 Å². The minimum atomic E-state index is -4.45. The van der Waals surface area contributed by atoms with Gasteiger partial charge >= 0.3 is 0 Å². The molecule has 0 bridgehead atoms. The van der Waals surface area contributed by atoms with E-state index in [1.54, 1.807) is 6.07 Å². The Kier molecular flexibility index (Phi) is 6.88. The van der Waals surface area contributed by atoms with Crippen LogP contribution in [0, 0.1) is 40.0 Å². The number of halogens is 4. The molecule has 14 heteroatoms. The fourth-order valence-electron chi connectivity index (χ4n) is 3.66. The quantitative estimate of drug-likeness (QED) is 0.181. The first-order valence-electron chi connectivity index (χ1n) is 10.5. The summed E-state index contributed by atoms with van der Waals surface area (Å²) in [6.07, 6.45) is 1.89. The lowest BCUT2D eigenvalue weighted by Crippen LogP contribution is -2.12. The van der Waals surface area contributed by atoms with E-state index in [1.165, 1.54) is 0 Å². The summed E-state index contributed by atoms with van der Waals surface area (Å²) in [6, 6.07) is 6.16. The molecule has 194 valence electrons. The topological polar surface area (TPSA) is 159 Å². The van der Waals surface area contributed by atoms with Crippen LogP contribution in [-0.4, -0.2) is 36.2 Å². The minimum absolute atomic E-state index is 0.0444. The van der Waals surface area contributed by atoms with Gasteiger partial charge in [-0.1, -0.05) is 12.1 Å². The first-order valence-corrected chi connectivity index (χ1v) is 12.2. The Balaban J connectivity index is 1.77. The number of aromatic amines is 1. The van der Waals surface area contributed by atoms with E-state index in [0.29, 0.717) is 6.07 Å². The average Bonchev–Trinajstić information content (AvgIpc) is 3.37. The van der Waals surface area contributed by atoms with Crippen LogP contribution in [0.4, 0.5) is 23.2 Å². The van der Waals surface area contributed by atoms with Crippen LogP contribution in [0.2, 0.25) is 0 Å². The summed E-state index contributed by atoms with van der Waals surface area (Å²) in [5.41, 5.74) is 2.64. The molecule has 0 aliphatic carbocycles. The van der Waals surface area contributed by atoms with Gasteiger partial charge in [-0.25, -0.2) is 35.9 Å². The third-order valence-electron chi connectivity index (χ3n) is 5.48. The Labute approximate surface area is 213 Å². The highest BCUT2D eigenvalue weighted by molar-refractivity contribution is 7.90. The van der Waals surface area contributed by atoms with Crippen molar-refractivity contribution >= 4 is 21.2 Å². The van der Waals surface area contributed by atoms with Gasteiger partial charge in [-0.15, -0.1) is 0 Å². The van der Waals surface area contributed by atoms with Crippen LogP contribution in [0.15, 0.2) is 47.6 Å². The maximum atomic E-state index is 15.5. The van der Waals surface area contributed by atoms with Crippen LogP contribution in [-0.2, 0) is 15.6 Å². The molecule has 0 saturated heterocycles. The average molecular weight is 544 g/mol. The molecular weight excluding hydrogens is 528 g/mol. The van der Waals surface area contributed by atoms with Gasteiger partial charge in [-0.3, -0.25) is 5.41 Å². The Morgan fingerprint density at radius 3 is 2.53 bits per heavy atom. The zero-order chi connectivity index (χ0) is 27.8. The Morgan fingerprint density at radius 1 is 1.13 bits per heavy atom. The number of sulfone groups is 1. The van der Waals surface area contributed by atoms with Crippen LogP contribution in [0.25, 0.3) is 11.1 Å². The number of rotatable bonds is 7. The van der Waals surface area contributed by atoms with Crippen molar-refractivity contribution in [1.82, 2.24) is 15.0 Å². The number of nitrogens with two attached hydrogens (primary N) is 1. The molecule has 9 nitrogen and oxygen atoms in total. The molecule has 2 heterocycles. The molecule has 0 aliphatic heterocycles. The molecule has 0 unspecified atom stereocenters. The first kappa shape index (κ1) is 26.3. The predicted octanol–water partition coefficient (Wildman–Crippen LogP) is 3.88. The second-order valence-electron chi connectivity index (χ2n) is 7.84. The summed E-state index contributed by atoms with van der Waals surface area (Å²) >= 11 is 0. The van der Waals surface area contributed by atoms with Gasteiger partial charge in [-0.05, 0) is 18.2 Å². The Hall–Kier alpha value is -4.77. The van der Waals surface area contributed by atoms with Crippen molar-refractivity contribution in [3.63, 3.8) is 0 Å². The van der Waals surface area contributed by atoms with Crippen LogP contribution >= 0.6 is 0 Å². The summed E-state index contributed by atoms with van der Waals surface area (Å²) in [4.78, 5) is 9.27. The minimum Gasteiger partial charge on any atom is -0.480 e. The molecular formula is C24H16F4N6O3S. The monoisotopic (exact) mass is 544 g/mol. The van der Waals surface area contributed by atoms with E-state index >= 15 is 8.78 Å². The molecule has 2 aromatic heterocycles. The lowest BCUT2D eigenvalue weighted by atomic mass is 9.97.